The predicted molar refractivity (Wildman–Crippen MR) is 131 cm³/mol. The van der Waals surface area contributed by atoms with Crippen LogP contribution in [0.15, 0.2) is 72.8 Å². The van der Waals surface area contributed by atoms with Crippen LogP contribution < -0.4 is 5.32 Å². The van der Waals surface area contributed by atoms with E-state index in [1.54, 1.807) is 4.90 Å². The Labute approximate surface area is 199 Å². The van der Waals surface area contributed by atoms with Crippen molar-refractivity contribution >= 4 is 17.7 Å². The number of rotatable bonds is 6. The molecule has 0 radical (unpaired) electrons. The SMILES string of the molecule is O=C1OC(c2ccc(Cl)cc2)CN1Cc1ccc(-c2ccc(CN3CCNCC3)cc2)cc1. The minimum Gasteiger partial charge on any atom is -0.439 e. The number of amides is 1. The van der Waals surface area contributed by atoms with Crippen molar-refractivity contribution in [1.82, 2.24) is 15.1 Å². The number of ether oxygens (including phenoxy) is 1. The second kappa shape index (κ2) is 9.96. The topological polar surface area (TPSA) is 44.8 Å². The summed E-state index contributed by atoms with van der Waals surface area (Å²) in [4.78, 5) is 16.6. The average Bonchev–Trinajstić information content (AvgIpc) is 3.21. The van der Waals surface area contributed by atoms with Crippen LogP contribution >= 0.6 is 11.6 Å². The van der Waals surface area contributed by atoms with E-state index >= 15 is 0 Å². The third kappa shape index (κ3) is 5.38. The predicted octanol–water partition coefficient (Wildman–Crippen LogP) is 5.11. The van der Waals surface area contributed by atoms with Gasteiger partial charge >= 0.3 is 6.09 Å². The highest BCUT2D eigenvalue weighted by Gasteiger charge is 2.32. The molecule has 170 valence electrons. The van der Waals surface area contributed by atoms with Crippen LogP contribution in [0, 0.1) is 0 Å². The summed E-state index contributed by atoms with van der Waals surface area (Å²) in [6.07, 6.45) is -0.534. The summed E-state index contributed by atoms with van der Waals surface area (Å²) in [6, 6.07) is 24.7. The number of hydrogen-bond acceptors (Lipinski definition) is 4. The van der Waals surface area contributed by atoms with Crippen LogP contribution in [-0.4, -0.2) is 48.6 Å². The van der Waals surface area contributed by atoms with E-state index in [0.29, 0.717) is 18.1 Å². The smallest absolute Gasteiger partial charge is 0.410 e. The lowest BCUT2D eigenvalue weighted by Crippen LogP contribution is -2.42. The van der Waals surface area contributed by atoms with Crippen LogP contribution in [-0.2, 0) is 17.8 Å². The molecular weight excluding hydrogens is 434 g/mol. The Morgan fingerprint density at radius 3 is 2.00 bits per heavy atom. The van der Waals surface area contributed by atoms with Gasteiger partial charge in [-0.3, -0.25) is 9.80 Å². The highest BCUT2D eigenvalue weighted by Crippen LogP contribution is 2.29. The van der Waals surface area contributed by atoms with Crippen molar-refractivity contribution in [3.63, 3.8) is 0 Å². The largest absolute Gasteiger partial charge is 0.439 e. The zero-order valence-corrected chi connectivity index (χ0v) is 19.3. The van der Waals surface area contributed by atoms with Crippen molar-refractivity contribution in [2.75, 3.05) is 32.7 Å². The molecule has 0 aromatic heterocycles. The lowest BCUT2D eigenvalue weighted by atomic mass is 10.0. The molecule has 1 atom stereocenters. The molecule has 0 aliphatic carbocycles. The van der Waals surface area contributed by atoms with Crippen molar-refractivity contribution in [1.29, 1.82) is 0 Å². The molecular formula is C27H28ClN3O2. The van der Waals surface area contributed by atoms with Crippen molar-refractivity contribution in [3.8, 4) is 11.1 Å². The van der Waals surface area contributed by atoms with Crippen molar-refractivity contribution in [2.45, 2.75) is 19.2 Å². The Bertz CT molecular complexity index is 1080. The van der Waals surface area contributed by atoms with Crippen LogP contribution in [0.25, 0.3) is 11.1 Å². The maximum Gasteiger partial charge on any atom is 0.410 e. The molecule has 2 aliphatic rings. The fraction of sp³-hybridized carbons (Fsp3) is 0.296. The van der Waals surface area contributed by atoms with Gasteiger partial charge in [0.2, 0.25) is 0 Å². The Morgan fingerprint density at radius 2 is 1.39 bits per heavy atom. The molecule has 2 fully saturated rings. The maximum absolute atomic E-state index is 12.4. The van der Waals surface area contributed by atoms with E-state index in [1.165, 1.54) is 16.7 Å². The fourth-order valence-corrected chi connectivity index (χ4v) is 4.57. The molecule has 1 unspecified atom stereocenters. The molecule has 5 rings (SSSR count). The molecule has 2 aliphatic heterocycles. The zero-order chi connectivity index (χ0) is 22.6. The van der Waals surface area contributed by atoms with Crippen LogP contribution in [0.4, 0.5) is 4.79 Å². The van der Waals surface area contributed by atoms with Crippen LogP contribution in [0.2, 0.25) is 5.02 Å². The van der Waals surface area contributed by atoms with Crippen LogP contribution in [0.3, 0.4) is 0 Å². The summed E-state index contributed by atoms with van der Waals surface area (Å²) in [5.74, 6) is 0. The first kappa shape index (κ1) is 22.0. The van der Waals surface area contributed by atoms with Gasteiger partial charge in [0.05, 0.1) is 6.54 Å². The van der Waals surface area contributed by atoms with Gasteiger partial charge in [-0.2, -0.15) is 0 Å². The zero-order valence-electron chi connectivity index (χ0n) is 18.5. The standard InChI is InChI=1S/C27H28ClN3O2/c28-25-11-9-24(10-12-25)26-19-31(27(32)33-26)18-21-3-7-23(8-4-21)22-5-1-20(2-6-22)17-30-15-13-29-14-16-30/h1-12,26,29H,13-19H2. The molecule has 1 N–H and O–H groups in total. The Morgan fingerprint density at radius 1 is 0.818 bits per heavy atom. The third-order valence-electron chi connectivity index (χ3n) is 6.36. The number of halogens is 1. The number of nitrogens with one attached hydrogen (secondary N) is 1. The van der Waals surface area contributed by atoms with E-state index in [1.807, 2.05) is 24.3 Å². The number of carbonyl (C=O) groups is 1. The summed E-state index contributed by atoms with van der Waals surface area (Å²) in [5.41, 5.74) is 5.78. The van der Waals surface area contributed by atoms with Gasteiger partial charge < -0.3 is 10.1 Å². The molecule has 0 saturated carbocycles. The monoisotopic (exact) mass is 461 g/mol. The van der Waals surface area contributed by atoms with Gasteiger partial charge in [0.25, 0.3) is 0 Å². The van der Waals surface area contributed by atoms with Crippen molar-refractivity contribution in [3.05, 3.63) is 94.5 Å². The van der Waals surface area contributed by atoms with Gasteiger partial charge in [-0.25, -0.2) is 4.79 Å². The normalized spacial score (nSPS) is 19.0. The molecule has 33 heavy (non-hydrogen) atoms. The first-order valence-electron chi connectivity index (χ1n) is 11.5. The van der Waals surface area contributed by atoms with Gasteiger partial charge in [-0.15, -0.1) is 0 Å². The lowest BCUT2D eigenvalue weighted by Gasteiger charge is -2.27. The van der Waals surface area contributed by atoms with E-state index in [9.17, 15) is 4.79 Å². The minimum absolute atomic E-state index is 0.256. The maximum atomic E-state index is 12.4. The summed E-state index contributed by atoms with van der Waals surface area (Å²) >= 11 is 5.97. The quantitative estimate of drug-likeness (QED) is 0.554. The number of carbonyl (C=O) groups excluding carboxylic acids is 1. The Kier molecular flexibility index (Phi) is 6.63. The number of cyclic esters (lactones) is 1. The van der Waals surface area contributed by atoms with E-state index in [4.69, 9.17) is 16.3 Å². The molecule has 3 aromatic rings. The van der Waals surface area contributed by atoms with Gasteiger partial charge in [0.1, 0.15) is 6.10 Å². The summed E-state index contributed by atoms with van der Waals surface area (Å²) in [7, 11) is 0. The molecule has 0 bridgehead atoms. The first-order valence-corrected chi connectivity index (χ1v) is 11.8. The Hall–Kier alpha value is -2.86. The molecule has 6 heteroatoms. The summed E-state index contributed by atoms with van der Waals surface area (Å²) in [6.45, 7) is 6.43. The highest BCUT2D eigenvalue weighted by atomic mass is 35.5. The molecule has 0 spiro atoms. The molecule has 1 amide bonds. The van der Waals surface area contributed by atoms with Crippen molar-refractivity contribution in [2.24, 2.45) is 0 Å². The number of nitrogens with zero attached hydrogens (tertiary/aromatic N) is 2. The van der Waals surface area contributed by atoms with Gasteiger partial charge in [0.15, 0.2) is 0 Å². The highest BCUT2D eigenvalue weighted by molar-refractivity contribution is 6.30. The van der Waals surface area contributed by atoms with E-state index in [0.717, 1.165) is 43.9 Å². The average molecular weight is 462 g/mol. The number of benzene rings is 3. The second-order valence-corrected chi connectivity index (χ2v) is 9.16. The van der Waals surface area contributed by atoms with Crippen LogP contribution in [0.5, 0.6) is 0 Å². The lowest BCUT2D eigenvalue weighted by molar-refractivity contribution is 0.132. The van der Waals surface area contributed by atoms with Gasteiger partial charge in [0, 0.05) is 44.3 Å². The summed E-state index contributed by atoms with van der Waals surface area (Å²) < 4.78 is 5.57. The molecule has 3 aromatic carbocycles. The third-order valence-corrected chi connectivity index (χ3v) is 6.61. The summed E-state index contributed by atoms with van der Waals surface area (Å²) in [5, 5.41) is 4.07. The molecule has 2 saturated heterocycles. The van der Waals surface area contributed by atoms with E-state index < -0.39 is 0 Å². The molecule has 5 nitrogen and oxygen atoms in total. The second-order valence-electron chi connectivity index (χ2n) is 8.72. The fourth-order valence-electron chi connectivity index (χ4n) is 4.44. The van der Waals surface area contributed by atoms with E-state index in [2.05, 4.69) is 58.7 Å². The number of hydrogen-bond donors (Lipinski definition) is 1. The number of piperazine rings is 1. The van der Waals surface area contributed by atoms with Gasteiger partial charge in [-0.1, -0.05) is 72.3 Å². The van der Waals surface area contributed by atoms with Crippen LogP contribution in [0.1, 0.15) is 22.8 Å². The first-order chi connectivity index (χ1) is 16.1. The molecule has 2 heterocycles. The Balaban J connectivity index is 1.19. The minimum atomic E-state index is -0.279. The van der Waals surface area contributed by atoms with E-state index in [-0.39, 0.29) is 12.2 Å². The van der Waals surface area contributed by atoms with Crippen molar-refractivity contribution < 1.29 is 9.53 Å². The van der Waals surface area contributed by atoms with Gasteiger partial charge in [-0.05, 0) is 39.9 Å².